The summed E-state index contributed by atoms with van der Waals surface area (Å²) in [6.07, 6.45) is 7.74. The Labute approximate surface area is 161 Å². The van der Waals surface area contributed by atoms with Crippen molar-refractivity contribution in [2.75, 3.05) is 31.5 Å². The van der Waals surface area contributed by atoms with Crippen molar-refractivity contribution in [1.82, 2.24) is 15.6 Å². The van der Waals surface area contributed by atoms with Crippen LogP contribution in [-0.2, 0) is 17.6 Å². The molecule has 144 valence electrons. The number of carbonyl (C=O) groups is 1. The third kappa shape index (κ3) is 4.24. The molecule has 1 saturated heterocycles. The molecule has 1 atom stereocenters. The summed E-state index contributed by atoms with van der Waals surface area (Å²) in [4.78, 5) is 16.9. The number of aryl methyl sites for hydroxylation is 1. The number of hydrogen-bond acceptors (Lipinski definition) is 4. The molecule has 2 aromatic rings. The first kappa shape index (κ1) is 18.2. The maximum atomic E-state index is 12.0. The number of nitrogens with zero attached hydrogens (tertiary/aromatic N) is 1. The Kier molecular flexibility index (Phi) is 5.87. The summed E-state index contributed by atoms with van der Waals surface area (Å²) in [6.45, 7) is 3.49. The lowest BCUT2D eigenvalue weighted by atomic mass is 9.92. The van der Waals surface area contributed by atoms with Crippen LogP contribution in [0.1, 0.15) is 43.4 Å². The second-order valence-electron chi connectivity index (χ2n) is 7.75. The second kappa shape index (κ2) is 8.70. The molecule has 27 heavy (non-hydrogen) atoms. The number of para-hydroxylation sites is 1. The summed E-state index contributed by atoms with van der Waals surface area (Å²) >= 11 is 0. The quantitative estimate of drug-likeness (QED) is 0.659. The molecule has 2 aliphatic rings. The van der Waals surface area contributed by atoms with Crippen molar-refractivity contribution in [3.8, 4) is 0 Å². The Morgan fingerprint density at radius 3 is 2.89 bits per heavy atom. The molecule has 1 amide bonds. The number of nitrogens with one attached hydrogen (secondary N) is 3. The van der Waals surface area contributed by atoms with Gasteiger partial charge in [-0.1, -0.05) is 18.2 Å². The van der Waals surface area contributed by atoms with Gasteiger partial charge in [0, 0.05) is 36.4 Å². The Morgan fingerprint density at radius 1 is 1.15 bits per heavy atom. The molecule has 0 spiro atoms. The lowest BCUT2D eigenvalue weighted by Crippen LogP contribution is -2.32. The summed E-state index contributed by atoms with van der Waals surface area (Å²) < 4.78 is 0. The molecule has 1 unspecified atom stereocenters. The summed E-state index contributed by atoms with van der Waals surface area (Å²) in [6, 6.07) is 8.45. The van der Waals surface area contributed by atoms with Gasteiger partial charge in [-0.15, -0.1) is 0 Å². The first-order chi connectivity index (χ1) is 13.3. The molecule has 1 aromatic heterocycles. The average molecular weight is 367 g/mol. The number of unbranched alkanes of at least 4 members (excludes halogenated alkanes) is 1. The molecule has 5 nitrogen and oxygen atoms in total. The highest BCUT2D eigenvalue weighted by atomic mass is 16.1. The van der Waals surface area contributed by atoms with Gasteiger partial charge in [0.25, 0.3) is 0 Å². The van der Waals surface area contributed by atoms with Gasteiger partial charge in [-0.25, -0.2) is 0 Å². The summed E-state index contributed by atoms with van der Waals surface area (Å²) in [7, 11) is 0. The minimum Gasteiger partial charge on any atom is -0.384 e. The Hall–Kier alpha value is -2.14. The second-order valence-corrected chi connectivity index (χ2v) is 7.75. The molecule has 1 aliphatic carbocycles. The first-order valence-electron chi connectivity index (χ1n) is 10.5. The number of rotatable bonds is 7. The molecule has 0 bridgehead atoms. The highest BCUT2D eigenvalue weighted by Crippen LogP contribution is 2.33. The van der Waals surface area contributed by atoms with E-state index in [4.69, 9.17) is 4.98 Å². The Morgan fingerprint density at radius 2 is 2.00 bits per heavy atom. The SMILES string of the molecule is O=C(NCCCCNc1c2c(nc3ccccc13)CCCC2)C1CCNC1. The van der Waals surface area contributed by atoms with E-state index < -0.39 is 0 Å². The van der Waals surface area contributed by atoms with Crippen molar-refractivity contribution in [3.05, 3.63) is 35.5 Å². The Balaban J connectivity index is 1.31. The number of fused-ring (bicyclic) bond motifs is 2. The number of aromatic nitrogens is 1. The van der Waals surface area contributed by atoms with Crippen LogP contribution in [0.2, 0.25) is 0 Å². The molecule has 1 aromatic carbocycles. The van der Waals surface area contributed by atoms with Crippen molar-refractivity contribution in [3.63, 3.8) is 0 Å². The van der Waals surface area contributed by atoms with Gasteiger partial charge in [-0.2, -0.15) is 0 Å². The minimum absolute atomic E-state index is 0.165. The van der Waals surface area contributed by atoms with Crippen LogP contribution >= 0.6 is 0 Å². The van der Waals surface area contributed by atoms with E-state index in [-0.39, 0.29) is 11.8 Å². The van der Waals surface area contributed by atoms with Gasteiger partial charge in [-0.05, 0) is 63.1 Å². The van der Waals surface area contributed by atoms with Crippen LogP contribution < -0.4 is 16.0 Å². The molecule has 4 rings (SSSR count). The lowest BCUT2D eigenvalue weighted by molar-refractivity contribution is -0.124. The fourth-order valence-electron chi connectivity index (χ4n) is 4.27. The zero-order valence-corrected chi connectivity index (χ0v) is 16.0. The van der Waals surface area contributed by atoms with Crippen molar-refractivity contribution in [1.29, 1.82) is 0 Å². The zero-order chi connectivity index (χ0) is 18.5. The smallest absolute Gasteiger partial charge is 0.224 e. The van der Waals surface area contributed by atoms with Gasteiger partial charge in [0.15, 0.2) is 0 Å². The third-order valence-electron chi connectivity index (χ3n) is 5.80. The van der Waals surface area contributed by atoms with Crippen molar-refractivity contribution in [2.45, 2.75) is 44.9 Å². The molecule has 0 radical (unpaired) electrons. The molecule has 2 heterocycles. The van der Waals surface area contributed by atoms with Crippen LogP contribution in [0.15, 0.2) is 24.3 Å². The Bertz CT molecular complexity index is 798. The normalized spacial score (nSPS) is 19.0. The van der Waals surface area contributed by atoms with E-state index in [2.05, 4.69) is 40.2 Å². The third-order valence-corrected chi connectivity index (χ3v) is 5.80. The van der Waals surface area contributed by atoms with Gasteiger partial charge in [0.2, 0.25) is 5.91 Å². The average Bonchev–Trinajstić information content (AvgIpc) is 3.24. The highest BCUT2D eigenvalue weighted by Gasteiger charge is 2.21. The number of hydrogen-bond donors (Lipinski definition) is 3. The van der Waals surface area contributed by atoms with E-state index in [1.807, 2.05) is 0 Å². The molecule has 1 aliphatic heterocycles. The largest absolute Gasteiger partial charge is 0.384 e. The van der Waals surface area contributed by atoms with E-state index in [1.165, 1.54) is 35.2 Å². The molecule has 3 N–H and O–H groups in total. The van der Waals surface area contributed by atoms with E-state index >= 15 is 0 Å². The lowest BCUT2D eigenvalue weighted by Gasteiger charge is -2.21. The van der Waals surface area contributed by atoms with E-state index in [0.29, 0.717) is 0 Å². The van der Waals surface area contributed by atoms with Gasteiger partial charge in [0.05, 0.1) is 11.4 Å². The zero-order valence-electron chi connectivity index (χ0n) is 16.0. The monoisotopic (exact) mass is 366 g/mol. The predicted molar refractivity (Wildman–Crippen MR) is 110 cm³/mol. The fraction of sp³-hybridized carbons (Fsp3) is 0.545. The predicted octanol–water partition coefficient (Wildman–Crippen LogP) is 3.03. The number of benzene rings is 1. The fourth-order valence-corrected chi connectivity index (χ4v) is 4.27. The van der Waals surface area contributed by atoms with E-state index in [9.17, 15) is 4.79 Å². The van der Waals surface area contributed by atoms with Gasteiger partial charge in [0.1, 0.15) is 0 Å². The van der Waals surface area contributed by atoms with Gasteiger partial charge >= 0.3 is 0 Å². The molecular weight excluding hydrogens is 336 g/mol. The van der Waals surface area contributed by atoms with Gasteiger partial charge < -0.3 is 16.0 Å². The number of carbonyl (C=O) groups excluding carboxylic acids is 1. The standard InChI is InChI=1S/C22H30N4O/c27-22(16-11-14-23-15-16)25-13-6-5-12-24-21-17-7-1-3-9-19(17)26-20-10-4-2-8-18(20)21/h1,3,7,9,16,23H,2,4-6,8,10-15H2,(H,24,26)(H,25,27). The summed E-state index contributed by atoms with van der Waals surface area (Å²) in [5.74, 6) is 0.375. The number of amides is 1. The summed E-state index contributed by atoms with van der Waals surface area (Å²) in [5, 5.41) is 11.3. The van der Waals surface area contributed by atoms with Crippen molar-refractivity contribution in [2.24, 2.45) is 5.92 Å². The first-order valence-corrected chi connectivity index (χ1v) is 10.5. The molecule has 0 saturated carbocycles. The van der Waals surface area contributed by atoms with E-state index in [0.717, 1.165) is 63.8 Å². The maximum Gasteiger partial charge on any atom is 0.224 e. The van der Waals surface area contributed by atoms with Crippen LogP contribution in [0.5, 0.6) is 0 Å². The molecule has 5 heteroatoms. The number of pyridine rings is 1. The van der Waals surface area contributed by atoms with Crippen LogP contribution in [0.25, 0.3) is 10.9 Å². The maximum absolute atomic E-state index is 12.0. The van der Waals surface area contributed by atoms with Crippen molar-refractivity contribution < 1.29 is 4.79 Å². The van der Waals surface area contributed by atoms with Crippen LogP contribution in [0.4, 0.5) is 5.69 Å². The molecule has 1 fully saturated rings. The van der Waals surface area contributed by atoms with Crippen LogP contribution in [-0.4, -0.2) is 37.1 Å². The number of anilines is 1. The minimum atomic E-state index is 0.165. The summed E-state index contributed by atoms with van der Waals surface area (Å²) in [5.41, 5.74) is 5.08. The van der Waals surface area contributed by atoms with Gasteiger partial charge in [-0.3, -0.25) is 9.78 Å². The van der Waals surface area contributed by atoms with Crippen LogP contribution in [0, 0.1) is 5.92 Å². The van der Waals surface area contributed by atoms with Crippen molar-refractivity contribution >= 4 is 22.5 Å². The highest BCUT2D eigenvalue weighted by molar-refractivity contribution is 5.93. The topological polar surface area (TPSA) is 66.0 Å². The van der Waals surface area contributed by atoms with E-state index in [1.54, 1.807) is 0 Å². The van der Waals surface area contributed by atoms with Crippen LogP contribution in [0.3, 0.4) is 0 Å². The molecular formula is C22H30N4O.